The minimum atomic E-state index is -0.488. The molecule has 0 aliphatic carbocycles. The van der Waals surface area contributed by atoms with Gasteiger partial charge in [-0.1, -0.05) is 6.42 Å². The molecule has 0 aromatic rings. The van der Waals surface area contributed by atoms with Gasteiger partial charge in [0.2, 0.25) is 5.78 Å². The summed E-state index contributed by atoms with van der Waals surface area (Å²) < 4.78 is 5.04. The Kier molecular flexibility index (Phi) is 4.55. The van der Waals surface area contributed by atoms with Crippen LogP contribution in [0.5, 0.6) is 0 Å². The lowest BCUT2D eigenvalue weighted by atomic mass is 10.1. The Bertz CT molecular complexity index is 228. The maximum Gasteiger partial charge on any atom is 0.255 e. The number of ether oxygens (including phenoxy) is 1. The van der Waals surface area contributed by atoms with Crippen molar-refractivity contribution >= 4 is 11.7 Å². The number of rotatable bonds is 6. The lowest BCUT2D eigenvalue weighted by Gasteiger charge is -2.09. The van der Waals surface area contributed by atoms with E-state index in [9.17, 15) is 4.79 Å². The van der Waals surface area contributed by atoms with Crippen molar-refractivity contribution < 1.29 is 9.53 Å². The SMILES string of the molecule is NCCCC[C@H](N)C(=O)C1=NCCO1. The number of aliphatic imine (C=N–C) groups is 1. The van der Waals surface area contributed by atoms with Crippen molar-refractivity contribution in [1.29, 1.82) is 0 Å². The Morgan fingerprint density at radius 3 is 2.93 bits per heavy atom. The summed E-state index contributed by atoms with van der Waals surface area (Å²) in [5.74, 6) is 0.0183. The third-order valence-corrected chi connectivity index (χ3v) is 2.10. The highest BCUT2D eigenvalue weighted by Crippen LogP contribution is 2.03. The molecule has 1 atom stereocenters. The number of carbonyl (C=O) groups is 1. The van der Waals surface area contributed by atoms with Crippen molar-refractivity contribution in [2.45, 2.75) is 25.3 Å². The maximum absolute atomic E-state index is 11.5. The summed E-state index contributed by atoms with van der Waals surface area (Å²) in [7, 11) is 0. The first-order chi connectivity index (χ1) is 6.75. The van der Waals surface area contributed by atoms with E-state index >= 15 is 0 Å². The van der Waals surface area contributed by atoms with Crippen molar-refractivity contribution in [2.75, 3.05) is 19.7 Å². The van der Waals surface area contributed by atoms with Gasteiger partial charge in [0.15, 0.2) is 0 Å². The van der Waals surface area contributed by atoms with Crippen molar-refractivity contribution in [3.05, 3.63) is 0 Å². The molecule has 1 aliphatic heterocycles. The molecule has 4 N–H and O–H groups in total. The molecule has 1 rings (SSSR count). The topological polar surface area (TPSA) is 90.7 Å². The highest BCUT2D eigenvalue weighted by atomic mass is 16.5. The van der Waals surface area contributed by atoms with Gasteiger partial charge >= 0.3 is 0 Å². The number of carbonyl (C=O) groups excluding carboxylic acids is 1. The Labute approximate surface area is 83.5 Å². The molecular weight excluding hydrogens is 182 g/mol. The van der Waals surface area contributed by atoms with Crippen molar-refractivity contribution in [1.82, 2.24) is 0 Å². The fourth-order valence-electron chi connectivity index (χ4n) is 1.28. The van der Waals surface area contributed by atoms with Gasteiger partial charge in [0, 0.05) is 0 Å². The standard InChI is InChI=1S/C9H17N3O2/c10-4-2-1-3-7(11)8(13)9-12-5-6-14-9/h7H,1-6,10-11H2/t7-/m0/s1. The van der Waals surface area contributed by atoms with Crippen LogP contribution in [-0.4, -0.2) is 37.4 Å². The van der Waals surface area contributed by atoms with Gasteiger partial charge in [0.1, 0.15) is 6.61 Å². The van der Waals surface area contributed by atoms with Gasteiger partial charge in [0.25, 0.3) is 5.90 Å². The highest BCUT2D eigenvalue weighted by molar-refractivity contribution is 6.38. The second-order valence-corrected chi connectivity index (χ2v) is 3.29. The quantitative estimate of drug-likeness (QED) is 0.561. The summed E-state index contributed by atoms with van der Waals surface area (Å²) in [5, 5.41) is 0. The molecule has 0 spiro atoms. The normalized spacial score (nSPS) is 17.4. The van der Waals surface area contributed by atoms with Crippen LogP contribution in [0.3, 0.4) is 0 Å². The number of hydrogen-bond acceptors (Lipinski definition) is 5. The van der Waals surface area contributed by atoms with Crippen LogP contribution >= 0.6 is 0 Å². The fraction of sp³-hybridized carbons (Fsp3) is 0.778. The lowest BCUT2D eigenvalue weighted by molar-refractivity contribution is -0.115. The molecule has 0 radical (unpaired) electrons. The molecule has 80 valence electrons. The molecule has 0 aromatic heterocycles. The summed E-state index contributed by atoms with van der Waals surface area (Å²) in [6.07, 6.45) is 2.42. The van der Waals surface area contributed by atoms with E-state index in [2.05, 4.69) is 4.99 Å². The largest absolute Gasteiger partial charge is 0.473 e. The first kappa shape index (κ1) is 11.1. The molecule has 0 fully saturated rings. The minimum absolute atomic E-state index is 0.181. The molecule has 0 unspecified atom stereocenters. The molecule has 0 amide bonds. The van der Waals surface area contributed by atoms with Crippen LogP contribution in [-0.2, 0) is 9.53 Å². The summed E-state index contributed by atoms with van der Waals surface area (Å²) in [5.41, 5.74) is 11.0. The van der Waals surface area contributed by atoms with Gasteiger partial charge in [-0.3, -0.25) is 4.79 Å². The van der Waals surface area contributed by atoms with E-state index in [4.69, 9.17) is 16.2 Å². The van der Waals surface area contributed by atoms with Crippen molar-refractivity contribution in [2.24, 2.45) is 16.5 Å². The zero-order valence-corrected chi connectivity index (χ0v) is 8.24. The maximum atomic E-state index is 11.5. The Morgan fingerprint density at radius 2 is 2.36 bits per heavy atom. The van der Waals surface area contributed by atoms with Gasteiger partial charge in [-0.25, -0.2) is 4.99 Å². The molecule has 5 heteroatoms. The smallest absolute Gasteiger partial charge is 0.255 e. The van der Waals surface area contributed by atoms with Crippen LogP contribution in [0.1, 0.15) is 19.3 Å². The van der Waals surface area contributed by atoms with E-state index in [1.807, 2.05) is 0 Å². The second-order valence-electron chi connectivity index (χ2n) is 3.29. The number of nitrogens with zero attached hydrogens (tertiary/aromatic N) is 1. The number of hydrogen-bond donors (Lipinski definition) is 2. The molecule has 5 nitrogen and oxygen atoms in total. The van der Waals surface area contributed by atoms with Crippen LogP contribution in [0.2, 0.25) is 0 Å². The monoisotopic (exact) mass is 199 g/mol. The first-order valence-electron chi connectivity index (χ1n) is 4.93. The third-order valence-electron chi connectivity index (χ3n) is 2.10. The summed E-state index contributed by atoms with van der Waals surface area (Å²) in [4.78, 5) is 15.5. The summed E-state index contributed by atoms with van der Waals surface area (Å²) >= 11 is 0. The Hall–Kier alpha value is -0.940. The molecule has 0 saturated carbocycles. The van der Waals surface area contributed by atoms with Crippen LogP contribution in [0, 0.1) is 0 Å². The molecule has 14 heavy (non-hydrogen) atoms. The number of unbranched alkanes of at least 4 members (excludes halogenated alkanes) is 1. The number of ketones is 1. The number of nitrogens with two attached hydrogens (primary N) is 2. The average Bonchev–Trinajstić information content (AvgIpc) is 2.69. The third kappa shape index (κ3) is 3.08. The zero-order chi connectivity index (χ0) is 10.4. The molecule has 1 aliphatic rings. The van der Waals surface area contributed by atoms with E-state index in [0.717, 1.165) is 12.8 Å². The number of Topliss-reactive ketones (excluding diaryl/α,β-unsaturated/α-hetero) is 1. The summed E-state index contributed by atoms with van der Waals surface area (Å²) in [6, 6.07) is -0.488. The highest BCUT2D eigenvalue weighted by Gasteiger charge is 2.23. The van der Waals surface area contributed by atoms with E-state index in [1.54, 1.807) is 0 Å². The molecule has 0 bridgehead atoms. The zero-order valence-electron chi connectivity index (χ0n) is 8.24. The van der Waals surface area contributed by atoms with Gasteiger partial charge in [0.05, 0.1) is 12.6 Å². The minimum Gasteiger partial charge on any atom is -0.473 e. The van der Waals surface area contributed by atoms with Crippen LogP contribution in [0.25, 0.3) is 0 Å². The molecule has 0 saturated heterocycles. The van der Waals surface area contributed by atoms with Crippen LogP contribution < -0.4 is 11.5 Å². The van der Waals surface area contributed by atoms with Crippen LogP contribution in [0.4, 0.5) is 0 Å². The molecule has 1 heterocycles. The first-order valence-corrected chi connectivity index (χ1v) is 4.93. The van der Waals surface area contributed by atoms with E-state index in [0.29, 0.717) is 26.1 Å². The van der Waals surface area contributed by atoms with E-state index in [1.165, 1.54) is 0 Å². The lowest BCUT2D eigenvalue weighted by Crippen LogP contribution is -2.36. The van der Waals surface area contributed by atoms with Crippen molar-refractivity contribution in [3.8, 4) is 0 Å². The van der Waals surface area contributed by atoms with Gasteiger partial charge in [-0.05, 0) is 19.4 Å². The van der Waals surface area contributed by atoms with Gasteiger partial charge < -0.3 is 16.2 Å². The Morgan fingerprint density at radius 1 is 1.57 bits per heavy atom. The Balaban J connectivity index is 2.28. The fourth-order valence-corrected chi connectivity index (χ4v) is 1.28. The second kappa shape index (κ2) is 5.72. The predicted octanol–water partition coefficient (Wildman–Crippen LogP) is -0.559. The molecular formula is C9H17N3O2. The van der Waals surface area contributed by atoms with Gasteiger partial charge in [-0.15, -0.1) is 0 Å². The van der Waals surface area contributed by atoms with E-state index in [-0.39, 0.29) is 11.7 Å². The summed E-state index contributed by atoms with van der Waals surface area (Å²) in [6.45, 7) is 1.70. The van der Waals surface area contributed by atoms with Crippen molar-refractivity contribution in [3.63, 3.8) is 0 Å². The molecule has 0 aromatic carbocycles. The average molecular weight is 199 g/mol. The van der Waals surface area contributed by atoms with Crippen LogP contribution in [0.15, 0.2) is 4.99 Å². The predicted molar refractivity (Wildman–Crippen MR) is 54.1 cm³/mol. The van der Waals surface area contributed by atoms with E-state index < -0.39 is 6.04 Å². The van der Waals surface area contributed by atoms with Gasteiger partial charge in [-0.2, -0.15) is 0 Å².